The van der Waals surface area contributed by atoms with Gasteiger partial charge in [-0.25, -0.2) is 4.98 Å². The minimum Gasteiger partial charge on any atom is -0.362 e. The summed E-state index contributed by atoms with van der Waals surface area (Å²) >= 11 is 3.49. The van der Waals surface area contributed by atoms with Crippen LogP contribution in [0.15, 0.2) is 22.7 Å². The standard InChI is InChI=1S/C24H32BrN5O/c1-15-14-16(8-13-20(15)25)23(31)26-17-9-11-18(12-10-17)27-24-28-21-7-5-4-6-19(21)22(29-24)30(2)3/h8,13-14,17-18H,4-7,9-12H2,1-3H3,(H,26,31)(H,27,28,29)/t17-,18+. The molecule has 0 aliphatic heterocycles. The van der Waals surface area contributed by atoms with Crippen molar-refractivity contribution in [2.45, 2.75) is 70.4 Å². The van der Waals surface area contributed by atoms with E-state index in [1.165, 1.54) is 24.1 Å². The van der Waals surface area contributed by atoms with Gasteiger partial charge in [-0.3, -0.25) is 4.79 Å². The van der Waals surface area contributed by atoms with E-state index in [9.17, 15) is 4.79 Å². The largest absolute Gasteiger partial charge is 0.362 e. The van der Waals surface area contributed by atoms with Crippen molar-refractivity contribution in [3.63, 3.8) is 0 Å². The molecule has 2 aliphatic rings. The number of nitrogens with zero attached hydrogens (tertiary/aromatic N) is 3. The molecule has 0 saturated heterocycles. The number of anilines is 2. The molecule has 31 heavy (non-hydrogen) atoms. The number of nitrogens with one attached hydrogen (secondary N) is 2. The van der Waals surface area contributed by atoms with E-state index in [0.717, 1.165) is 65.9 Å². The molecule has 1 fully saturated rings. The molecule has 0 radical (unpaired) electrons. The van der Waals surface area contributed by atoms with Gasteiger partial charge in [0.1, 0.15) is 5.82 Å². The molecule has 2 aliphatic carbocycles. The van der Waals surface area contributed by atoms with E-state index in [4.69, 9.17) is 9.97 Å². The molecule has 6 nitrogen and oxygen atoms in total. The van der Waals surface area contributed by atoms with Crippen molar-refractivity contribution in [3.05, 3.63) is 45.1 Å². The van der Waals surface area contributed by atoms with Gasteiger partial charge in [-0.1, -0.05) is 15.9 Å². The Morgan fingerprint density at radius 1 is 1.06 bits per heavy atom. The summed E-state index contributed by atoms with van der Waals surface area (Å²) in [7, 11) is 4.11. The molecule has 1 aromatic carbocycles. The van der Waals surface area contributed by atoms with Crippen LogP contribution >= 0.6 is 15.9 Å². The Labute approximate surface area is 193 Å². The Morgan fingerprint density at radius 2 is 1.77 bits per heavy atom. The number of aryl methyl sites for hydroxylation is 2. The third-order valence-electron chi connectivity index (χ3n) is 6.40. The lowest BCUT2D eigenvalue weighted by atomic mass is 9.91. The second-order valence-electron chi connectivity index (χ2n) is 9.03. The van der Waals surface area contributed by atoms with Gasteiger partial charge in [0.25, 0.3) is 5.91 Å². The Kier molecular flexibility index (Phi) is 6.80. The molecule has 0 spiro atoms. The van der Waals surface area contributed by atoms with Crippen molar-refractivity contribution in [1.82, 2.24) is 15.3 Å². The third kappa shape index (κ3) is 5.20. The van der Waals surface area contributed by atoms with Gasteiger partial charge in [0.15, 0.2) is 0 Å². The molecule has 2 N–H and O–H groups in total. The summed E-state index contributed by atoms with van der Waals surface area (Å²) in [5.74, 6) is 1.82. The van der Waals surface area contributed by atoms with Gasteiger partial charge in [0.2, 0.25) is 5.95 Å². The summed E-state index contributed by atoms with van der Waals surface area (Å²) in [6.07, 6.45) is 8.48. The molecule has 166 valence electrons. The van der Waals surface area contributed by atoms with Crippen LogP contribution in [0.2, 0.25) is 0 Å². The van der Waals surface area contributed by atoms with E-state index < -0.39 is 0 Å². The molecule has 1 amide bonds. The van der Waals surface area contributed by atoms with E-state index in [1.54, 1.807) is 0 Å². The number of fused-ring (bicyclic) bond motifs is 1. The summed E-state index contributed by atoms with van der Waals surface area (Å²) in [5.41, 5.74) is 4.32. The first-order valence-corrected chi connectivity index (χ1v) is 12.1. The third-order valence-corrected chi connectivity index (χ3v) is 7.29. The normalized spacial score (nSPS) is 20.6. The highest BCUT2D eigenvalue weighted by molar-refractivity contribution is 9.10. The second-order valence-corrected chi connectivity index (χ2v) is 9.88. The second kappa shape index (κ2) is 9.55. The number of benzene rings is 1. The van der Waals surface area contributed by atoms with Crippen LogP contribution < -0.4 is 15.5 Å². The number of amides is 1. The predicted molar refractivity (Wildman–Crippen MR) is 129 cm³/mol. The lowest BCUT2D eigenvalue weighted by Gasteiger charge is -2.30. The highest BCUT2D eigenvalue weighted by Crippen LogP contribution is 2.29. The first-order chi connectivity index (χ1) is 14.9. The zero-order chi connectivity index (χ0) is 22.0. The van der Waals surface area contributed by atoms with Crippen LogP contribution in [0.3, 0.4) is 0 Å². The maximum absolute atomic E-state index is 12.6. The molecule has 1 aromatic heterocycles. The number of carbonyl (C=O) groups excluding carboxylic acids is 1. The van der Waals surface area contributed by atoms with Gasteiger partial charge in [-0.2, -0.15) is 4.98 Å². The lowest BCUT2D eigenvalue weighted by Crippen LogP contribution is -2.40. The molecule has 1 heterocycles. The predicted octanol–water partition coefficient (Wildman–Crippen LogP) is 4.65. The van der Waals surface area contributed by atoms with E-state index in [1.807, 2.05) is 25.1 Å². The minimum absolute atomic E-state index is 0.0145. The maximum atomic E-state index is 12.6. The van der Waals surface area contributed by atoms with Crippen LogP contribution in [0.25, 0.3) is 0 Å². The van der Waals surface area contributed by atoms with Crippen molar-refractivity contribution >= 4 is 33.6 Å². The average Bonchev–Trinajstić information content (AvgIpc) is 2.76. The first-order valence-electron chi connectivity index (χ1n) is 11.3. The molecule has 2 aromatic rings. The van der Waals surface area contributed by atoms with Crippen LogP contribution in [-0.4, -0.2) is 42.1 Å². The van der Waals surface area contributed by atoms with Gasteiger partial charge in [0, 0.05) is 41.8 Å². The van der Waals surface area contributed by atoms with Crippen LogP contribution in [0.1, 0.15) is 65.7 Å². The molecule has 0 unspecified atom stereocenters. The minimum atomic E-state index is 0.0145. The van der Waals surface area contributed by atoms with Crippen molar-refractivity contribution in [3.8, 4) is 0 Å². The topological polar surface area (TPSA) is 70.2 Å². The summed E-state index contributed by atoms with van der Waals surface area (Å²) in [6.45, 7) is 2.00. The van der Waals surface area contributed by atoms with E-state index in [0.29, 0.717) is 6.04 Å². The average molecular weight is 486 g/mol. The van der Waals surface area contributed by atoms with Gasteiger partial charge in [-0.15, -0.1) is 0 Å². The first kappa shape index (κ1) is 22.1. The Morgan fingerprint density at radius 3 is 2.48 bits per heavy atom. The van der Waals surface area contributed by atoms with Gasteiger partial charge < -0.3 is 15.5 Å². The monoisotopic (exact) mass is 485 g/mol. The van der Waals surface area contributed by atoms with E-state index >= 15 is 0 Å². The zero-order valence-corrected chi connectivity index (χ0v) is 20.3. The quantitative estimate of drug-likeness (QED) is 0.644. The Bertz CT molecular complexity index is 953. The highest BCUT2D eigenvalue weighted by Gasteiger charge is 2.25. The molecular weight excluding hydrogens is 454 g/mol. The zero-order valence-electron chi connectivity index (χ0n) is 18.7. The van der Waals surface area contributed by atoms with E-state index in [-0.39, 0.29) is 11.9 Å². The number of rotatable bonds is 5. The molecule has 1 saturated carbocycles. The Hall–Kier alpha value is -2.15. The van der Waals surface area contributed by atoms with Crippen LogP contribution in [0.5, 0.6) is 0 Å². The molecule has 0 bridgehead atoms. The van der Waals surface area contributed by atoms with E-state index in [2.05, 4.69) is 45.6 Å². The molecule has 4 rings (SSSR count). The molecular formula is C24H32BrN5O. The summed E-state index contributed by atoms with van der Waals surface area (Å²) in [4.78, 5) is 24.4. The van der Waals surface area contributed by atoms with Crippen LogP contribution in [-0.2, 0) is 12.8 Å². The number of halogens is 1. The fourth-order valence-corrected chi connectivity index (χ4v) is 4.87. The van der Waals surface area contributed by atoms with Gasteiger partial charge in [-0.05, 0) is 82.1 Å². The Balaban J connectivity index is 1.34. The lowest BCUT2D eigenvalue weighted by molar-refractivity contribution is 0.0926. The number of hydrogen-bond donors (Lipinski definition) is 2. The molecule has 7 heteroatoms. The maximum Gasteiger partial charge on any atom is 0.251 e. The van der Waals surface area contributed by atoms with Crippen molar-refractivity contribution in [1.29, 1.82) is 0 Å². The smallest absolute Gasteiger partial charge is 0.251 e. The summed E-state index contributed by atoms with van der Waals surface area (Å²) < 4.78 is 1.03. The van der Waals surface area contributed by atoms with Crippen molar-refractivity contribution in [2.24, 2.45) is 0 Å². The fraction of sp³-hybridized carbons (Fsp3) is 0.542. The van der Waals surface area contributed by atoms with Gasteiger partial charge >= 0.3 is 0 Å². The van der Waals surface area contributed by atoms with Crippen molar-refractivity contribution < 1.29 is 4.79 Å². The highest BCUT2D eigenvalue weighted by atomic mass is 79.9. The summed E-state index contributed by atoms with van der Waals surface area (Å²) in [5, 5.41) is 6.79. The van der Waals surface area contributed by atoms with Crippen LogP contribution in [0.4, 0.5) is 11.8 Å². The summed E-state index contributed by atoms with van der Waals surface area (Å²) in [6, 6.07) is 6.31. The number of hydrogen-bond acceptors (Lipinski definition) is 5. The number of carbonyl (C=O) groups is 1. The number of aromatic nitrogens is 2. The SMILES string of the molecule is Cc1cc(C(=O)N[C@H]2CC[C@@H](Nc3nc4c(c(N(C)C)n3)CCCC4)CC2)ccc1Br. The van der Waals surface area contributed by atoms with Crippen molar-refractivity contribution in [2.75, 3.05) is 24.3 Å². The fourth-order valence-electron chi connectivity index (χ4n) is 4.63. The van der Waals surface area contributed by atoms with Crippen LogP contribution in [0, 0.1) is 6.92 Å². The van der Waals surface area contributed by atoms with Gasteiger partial charge in [0.05, 0.1) is 5.69 Å². The molecule has 0 atom stereocenters.